The molecule has 0 spiro atoms. The van der Waals surface area contributed by atoms with Crippen LogP contribution in [0.1, 0.15) is 53.9 Å². The van der Waals surface area contributed by atoms with Gasteiger partial charge in [0.15, 0.2) is 12.8 Å². The zero-order valence-electron chi connectivity index (χ0n) is 15.8. The zero-order chi connectivity index (χ0) is 20.3. The largest absolute Gasteiger partial charge is 0.444 e. The van der Waals surface area contributed by atoms with Gasteiger partial charge in [-0.2, -0.15) is 0 Å². The fraction of sp³-hybridized carbons (Fsp3) is 0.562. The molecule has 9 nitrogen and oxygen atoms in total. The van der Waals surface area contributed by atoms with Gasteiger partial charge in [0.25, 0.3) is 0 Å². The van der Waals surface area contributed by atoms with E-state index in [-0.39, 0.29) is 39.9 Å². The minimum Gasteiger partial charge on any atom is -0.444 e. The van der Waals surface area contributed by atoms with Gasteiger partial charge in [-0.25, -0.2) is 4.98 Å². The first kappa shape index (κ1) is 31.6. The van der Waals surface area contributed by atoms with Crippen LogP contribution in [-0.2, 0) is 23.3 Å². The maximum atomic E-state index is 8.46. The van der Waals surface area contributed by atoms with Gasteiger partial charge in [0.1, 0.15) is 0 Å². The van der Waals surface area contributed by atoms with Crippen molar-refractivity contribution in [3.05, 3.63) is 28.8 Å². The van der Waals surface area contributed by atoms with Gasteiger partial charge < -0.3 is 14.7 Å². The second-order valence-electron chi connectivity index (χ2n) is 5.17. The standard InChI is InChI=1S/C6H10N2.2C5H8O2.Co.HNO2/c1-2-4-8-5-3-7-6-8;2*1-4(6)3-5(2)7;;2-1-3/h3,5-6H,2,4H2,1H3;2*3H2,1-2H3;;(H,2,3)/p+3. The number of carbonyl (C=O) groups excluding carboxylic acids is 4. The van der Waals surface area contributed by atoms with E-state index in [9.17, 15) is 0 Å². The van der Waals surface area contributed by atoms with Crippen molar-refractivity contribution in [3.8, 4) is 0 Å². The first-order valence-corrected chi connectivity index (χ1v) is 7.56. The van der Waals surface area contributed by atoms with Crippen molar-refractivity contribution in [3.63, 3.8) is 0 Å². The molecule has 1 heterocycles. The van der Waals surface area contributed by atoms with E-state index < -0.39 is 0 Å². The Morgan fingerprint density at radius 2 is 1.35 bits per heavy atom. The summed E-state index contributed by atoms with van der Waals surface area (Å²) < 4.78 is 2.07. The maximum Gasteiger partial charge on any atom is 0.302 e. The average Bonchev–Trinajstić information content (AvgIpc) is 2.91. The third-order valence-electron chi connectivity index (χ3n) is 2.06. The van der Waals surface area contributed by atoms with Crippen molar-refractivity contribution in [1.82, 2.24) is 9.55 Å². The number of aromatic nitrogens is 2. The number of nitrogens with zero attached hydrogens (tertiary/aromatic N) is 3. The third kappa shape index (κ3) is 37.8. The Bertz CT molecular complexity index is 468. The predicted molar refractivity (Wildman–Crippen MR) is 101 cm³/mol. The molecule has 0 saturated heterocycles. The molecule has 0 unspecified atom stereocenters. The molecule has 151 valence electrons. The summed E-state index contributed by atoms with van der Waals surface area (Å²) in [6.45, 7) is 9.46. The van der Waals surface area contributed by atoms with Crippen LogP contribution in [0.2, 0.25) is 0 Å². The number of aryl methyl sites for hydroxylation is 1. The van der Waals surface area contributed by atoms with Crippen LogP contribution in [0.15, 0.2) is 24.1 Å². The van der Waals surface area contributed by atoms with Crippen molar-refractivity contribution >= 4 is 23.1 Å². The Labute approximate surface area is 163 Å². The number of rotatable bonds is 6. The quantitative estimate of drug-likeness (QED) is 0.301. The first-order valence-electron chi connectivity index (χ1n) is 7.56. The van der Waals surface area contributed by atoms with E-state index in [0.29, 0.717) is 12.8 Å². The fourth-order valence-electron chi connectivity index (χ4n) is 1.42. The molecule has 0 aromatic carbocycles. The molecular weight excluding hydrogens is 389 g/mol. The summed E-state index contributed by atoms with van der Waals surface area (Å²) >= 11 is 0. The van der Waals surface area contributed by atoms with Crippen LogP contribution in [0, 0.1) is 10.1 Å². The van der Waals surface area contributed by atoms with Crippen LogP contribution in [0.3, 0.4) is 0 Å². The SMILES string of the molecule is CC(=[OH+])CC(C)=[OH+].CC(=[OH+])CC(C)=[OH+].CCCn1ccnc1.O=N[O-].[Co]. The summed E-state index contributed by atoms with van der Waals surface area (Å²) in [5, 5.41) is 9.00. The summed E-state index contributed by atoms with van der Waals surface area (Å²) in [5.74, 6) is 1.00. The molecule has 0 fully saturated rings. The van der Waals surface area contributed by atoms with Crippen LogP contribution in [0.4, 0.5) is 0 Å². The normalized spacial score (nSPS) is 7.88. The van der Waals surface area contributed by atoms with Gasteiger partial charge in [0.2, 0.25) is 0 Å². The van der Waals surface area contributed by atoms with E-state index in [0.717, 1.165) is 11.9 Å². The first-order chi connectivity index (χ1) is 11.6. The Hall–Kier alpha value is -2.20. The second-order valence-corrected chi connectivity index (χ2v) is 5.17. The summed E-state index contributed by atoms with van der Waals surface area (Å²) in [6, 6.07) is 0. The third-order valence-corrected chi connectivity index (χ3v) is 2.06. The van der Waals surface area contributed by atoms with Crippen LogP contribution in [-0.4, -0.2) is 51.9 Å². The molecule has 0 amide bonds. The number of ketones is 4. The molecular formula is C16H30CoN3O6+3. The van der Waals surface area contributed by atoms with E-state index in [2.05, 4.69) is 16.5 Å². The molecule has 1 rings (SSSR count). The van der Waals surface area contributed by atoms with Crippen LogP contribution in [0.5, 0.6) is 0 Å². The number of hydrogen-bond acceptors (Lipinski definition) is 4. The van der Waals surface area contributed by atoms with Gasteiger partial charge in [-0.15, -0.1) is 5.34 Å². The number of hydrogen-bond donors (Lipinski definition) is 0. The van der Waals surface area contributed by atoms with Crippen LogP contribution < -0.4 is 0 Å². The molecule has 0 aliphatic rings. The minimum absolute atomic E-state index is 0. The fourth-order valence-corrected chi connectivity index (χ4v) is 1.42. The van der Waals surface area contributed by atoms with Crippen molar-refractivity contribution < 1.29 is 36.0 Å². The molecule has 1 aromatic rings. The summed E-state index contributed by atoms with van der Waals surface area (Å²) in [7, 11) is 0. The predicted octanol–water partition coefficient (Wildman–Crippen LogP) is 2.55. The van der Waals surface area contributed by atoms with E-state index in [4.69, 9.17) is 29.3 Å². The summed E-state index contributed by atoms with van der Waals surface area (Å²) in [4.78, 5) is 45.7. The molecule has 4 N–H and O–H groups in total. The van der Waals surface area contributed by atoms with Gasteiger partial charge >= 0.3 is 23.1 Å². The molecule has 0 atom stereocenters. The topological polar surface area (TPSA) is 156 Å². The van der Waals surface area contributed by atoms with E-state index in [1.807, 2.05) is 12.5 Å². The Morgan fingerprint density at radius 3 is 1.50 bits per heavy atom. The Balaban J connectivity index is -0.000000128. The molecule has 1 aromatic heterocycles. The van der Waals surface area contributed by atoms with Gasteiger partial charge in [-0.3, -0.25) is 19.2 Å². The number of imidazole rings is 1. The molecule has 26 heavy (non-hydrogen) atoms. The van der Waals surface area contributed by atoms with Crippen molar-refractivity contribution in [1.29, 1.82) is 0 Å². The smallest absolute Gasteiger partial charge is 0.302 e. The van der Waals surface area contributed by atoms with Crippen molar-refractivity contribution in [2.45, 2.75) is 60.4 Å². The molecule has 0 bridgehead atoms. The van der Waals surface area contributed by atoms with E-state index >= 15 is 0 Å². The van der Waals surface area contributed by atoms with Gasteiger partial charge in [0.05, 0.1) is 6.33 Å². The van der Waals surface area contributed by atoms with Crippen molar-refractivity contribution in [2.75, 3.05) is 0 Å². The molecule has 0 saturated carbocycles. The van der Waals surface area contributed by atoms with E-state index in [1.165, 1.54) is 6.42 Å². The second kappa shape index (κ2) is 22.8. The molecule has 10 heteroatoms. The summed E-state index contributed by atoms with van der Waals surface area (Å²) in [6.07, 6.45) is 7.40. The van der Waals surface area contributed by atoms with Gasteiger partial charge in [-0.05, 0) is 6.42 Å². The van der Waals surface area contributed by atoms with Crippen molar-refractivity contribution in [2.24, 2.45) is 5.34 Å². The average molecular weight is 419 g/mol. The maximum absolute atomic E-state index is 8.46. The summed E-state index contributed by atoms with van der Waals surface area (Å²) in [5.41, 5.74) is 0. The molecule has 1 radical (unpaired) electrons. The Morgan fingerprint density at radius 1 is 1.00 bits per heavy atom. The zero-order valence-corrected chi connectivity index (χ0v) is 16.9. The van der Waals surface area contributed by atoms with E-state index in [1.54, 1.807) is 33.9 Å². The van der Waals surface area contributed by atoms with Gasteiger partial charge in [-0.1, -0.05) is 6.92 Å². The Kier molecular flexibility index (Phi) is 27.7. The van der Waals surface area contributed by atoms with Gasteiger partial charge in [0, 0.05) is 63.4 Å². The van der Waals surface area contributed by atoms with Crippen LogP contribution in [0.25, 0.3) is 0 Å². The monoisotopic (exact) mass is 419 g/mol. The van der Waals surface area contributed by atoms with Crippen LogP contribution >= 0.6 is 0 Å². The molecule has 0 aliphatic carbocycles. The minimum atomic E-state index is 0. The molecule has 0 aliphatic heterocycles.